The number of alkyl halides is 3. The minimum atomic E-state index is -4.74. The summed E-state index contributed by atoms with van der Waals surface area (Å²) in [4.78, 5) is 9.15. The number of nitrogens with one attached hydrogen (secondary N) is 2. The SMILES string of the molecule is Cc1cccc(C)c1NC(=S)NN=Cc1ccc2c(ccc3c2ncn3-c2ccc(OC(F)(F)F)cc2)n1. The van der Waals surface area contributed by atoms with Crippen molar-refractivity contribution in [2.24, 2.45) is 5.10 Å². The number of pyridine rings is 1. The third-order valence-corrected chi connectivity index (χ3v) is 6.03. The number of hydrogen-bond acceptors (Lipinski definition) is 5. The average Bonchev–Trinajstić information content (AvgIpc) is 3.30. The fraction of sp³-hybridized carbons (Fsp3) is 0.111. The van der Waals surface area contributed by atoms with Crippen LogP contribution in [0.3, 0.4) is 0 Å². The van der Waals surface area contributed by atoms with Crippen molar-refractivity contribution >= 4 is 51.2 Å². The third kappa shape index (κ3) is 5.42. The van der Waals surface area contributed by atoms with Crippen LogP contribution in [0, 0.1) is 13.8 Å². The first kappa shape index (κ1) is 25.2. The molecule has 2 N–H and O–H groups in total. The first-order valence-corrected chi connectivity index (χ1v) is 11.9. The summed E-state index contributed by atoms with van der Waals surface area (Å²) in [7, 11) is 0. The Labute approximate surface area is 221 Å². The number of imidazole rings is 1. The highest BCUT2D eigenvalue weighted by Crippen LogP contribution is 2.28. The van der Waals surface area contributed by atoms with E-state index in [1.165, 1.54) is 24.3 Å². The Kier molecular flexibility index (Phi) is 6.68. The van der Waals surface area contributed by atoms with Crippen molar-refractivity contribution < 1.29 is 17.9 Å². The lowest BCUT2D eigenvalue weighted by molar-refractivity contribution is -0.274. The number of fused-ring (bicyclic) bond motifs is 3. The molecule has 0 aliphatic carbocycles. The average molecular weight is 535 g/mol. The lowest BCUT2D eigenvalue weighted by Gasteiger charge is -2.12. The van der Waals surface area contributed by atoms with Gasteiger partial charge >= 0.3 is 6.36 Å². The van der Waals surface area contributed by atoms with Crippen molar-refractivity contribution in [3.63, 3.8) is 0 Å². The summed E-state index contributed by atoms with van der Waals surface area (Å²) in [5, 5.41) is 8.55. The molecule has 38 heavy (non-hydrogen) atoms. The van der Waals surface area contributed by atoms with Gasteiger partial charge in [-0.15, -0.1) is 13.2 Å². The molecule has 2 aromatic heterocycles. The normalized spacial score (nSPS) is 11.8. The quantitative estimate of drug-likeness (QED) is 0.154. The van der Waals surface area contributed by atoms with Gasteiger partial charge in [0.05, 0.1) is 28.5 Å². The Morgan fingerprint density at radius 2 is 1.74 bits per heavy atom. The number of benzene rings is 3. The molecule has 0 aliphatic heterocycles. The highest BCUT2D eigenvalue weighted by atomic mass is 32.1. The summed E-state index contributed by atoms with van der Waals surface area (Å²) in [5.74, 6) is -0.286. The van der Waals surface area contributed by atoms with E-state index in [0.29, 0.717) is 22.0 Å². The molecule has 0 radical (unpaired) electrons. The second-order valence-electron chi connectivity index (χ2n) is 8.48. The highest BCUT2D eigenvalue weighted by molar-refractivity contribution is 7.80. The Balaban J connectivity index is 1.32. The number of hydrazone groups is 1. The van der Waals surface area contributed by atoms with Crippen LogP contribution in [-0.2, 0) is 0 Å². The fourth-order valence-corrected chi connectivity index (χ4v) is 4.25. The molecule has 0 saturated heterocycles. The molecule has 0 amide bonds. The summed E-state index contributed by atoms with van der Waals surface area (Å²) >= 11 is 5.35. The number of thiocarbonyl (C=S) groups is 1. The molecule has 192 valence electrons. The summed E-state index contributed by atoms with van der Waals surface area (Å²) < 4.78 is 43.1. The van der Waals surface area contributed by atoms with E-state index in [-0.39, 0.29) is 5.75 Å². The molecule has 0 spiro atoms. The number of rotatable bonds is 5. The van der Waals surface area contributed by atoms with Crippen LogP contribution in [0.4, 0.5) is 18.9 Å². The van der Waals surface area contributed by atoms with Gasteiger partial charge in [0.1, 0.15) is 12.1 Å². The zero-order valence-electron chi connectivity index (χ0n) is 20.2. The van der Waals surface area contributed by atoms with Crippen LogP contribution in [0.25, 0.3) is 27.6 Å². The lowest BCUT2D eigenvalue weighted by Crippen LogP contribution is -2.24. The zero-order chi connectivity index (χ0) is 26.9. The Morgan fingerprint density at radius 1 is 1.00 bits per heavy atom. The molecule has 3 aromatic carbocycles. The second kappa shape index (κ2) is 10.1. The van der Waals surface area contributed by atoms with E-state index in [9.17, 15) is 13.2 Å². The maximum absolute atomic E-state index is 12.4. The molecule has 5 rings (SSSR count). The van der Waals surface area contributed by atoms with E-state index in [1.54, 1.807) is 17.1 Å². The van der Waals surface area contributed by atoms with Crippen LogP contribution in [0.5, 0.6) is 5.75 Å². The molecular formula is C27H21F3N6OS. The van der Waals surface area contributed by atoms with Crippen LogP contribution in [-0.4, -0.2) is 32.2 Å². The first-order chi connectivity index (χ1) is 18.2. The van der Waals surface area contributed by atoms with E-state index in [0.717, 1.165) is 33.2 Å². The van der Waals surface area contributed by atoms with Gasteiger partial charge in [-0.25, -0.2) is 9.97 Å². The van der Waals surface area contributed by atoms with Crippen LogP contribution in [0.2, 0.25) is 0 Å². The highest BCUT2D eigenvalue weighted by Gasteiger charge is 2.31. The number of halogens is 3. The third-order valence-electron chi connectivity index (χ3n) is 5.84. The van der Waals surface area contributed by atoms with Gasteiger partial charge in [-0.2, -0.15) is 5.10 Å². The van der Waals surface area contributed by atoms with Gasteiger partial charge in [-0.3, -0.25) is 9.99 Å². The molecule has 11 heteroatoms. The van der Waals surface area contributed by atoms with Crippen molar-refractivity contribution in [2.75, 3.05) is 5.32 Å². The minimum absolute atomic E-state index is 0.286. The summed E-state index contributed by atoms with van der Waals surface area (Å²) in [6.45, 7) is 4.01. The van der Waals surface area contributed by atoms with Crippen LogP contribution >= 0.6 is 12.2 Å². The van der Waals surface area contributed by atoms with Crippen LogP contribution in [0.1, 0.15) is 16.8 Å². The molecule has 0 unspecified atom stereocenters. The first-order valence-electron chi connectivity index (χ1n) is 11.5. The van der Waals surface area contributed by atoms with Crippen LogP contribution in [0.15, 0.2) is 78.2 Å². The number of hydrogen-bond donors (Lipinski definition) is 2. The van der Waals surface area contributed by atoms with Crippen molar-refractivity contribution in [2.45, 2.75) is 20.2 Å². The predicted molar refractivity (Wildman–Crippen MR) is 146 cm³/mol. The molecule has 0 fully saturated rings. The molecule has 0 saturated carbocycles. The van der Waals surface area contributed by atoms with Crippen LogP contribution < -0.4 is 15.5 Å². The number of aryl methyl sites for hydroxylation is 2. The van der Waals surface area contributed by atoms with Gasteiger partial charge in [-0.1, -0.05) is 18.2 Å². The fourth-order valence-electron chi connectivity index (χ4n) is 4.10. The van der Waals surface area contributed by atoms with Gasteiger partial charge in [0, 0.05) is 16.8 Å². The van der Waals surface area contributed by atoms with Gasteiger partial charge in [-0.05, 0) is 85.7 Å². The standard InChI is InChI=1S/C27H21F3N6OS/c1-16-4-3-5-17(2)24(16)34-26(38)35-32-14-18-6-11-21-22(33-18)12-13-23-25(21)31-15-36(23)19-7-9-20(10-8-19)37-27(28,29)30/h3-15H,1-2H3,(H2,34,35,38). The largest absolute Gasteiger partial charge is 0.573 e. The molecule has 5 aromatic rings. The van der Waals surface area contributed by atoms with Crippen molar-refractivity contribution in [3.05, 3.63) is 89.9 Å². The minimum Gasteiger partial charge on any atom is -0.406 e. The van der Waals surface area contributed by atoms with Crippen molar-refractivity contribution in [1.82, 2.24) is 20.0 Å². The van der Waals surface area contributed by atoms with Gasteiger partial charge in [0.2, 0.25) is 0 Å². The Bertz CT molecular complexity index is 1660. The van der Waals surface area contributed by atoms with Gasteiger partial charge < -0.3 is 10.1 Å². The zero-order valence-corrected chi connectivity index (χ0v) is 21.1. The van der Waals surface area contributed by atoms with E-state index < -0.39 is 6.36 Å². The monoisotopic (exact) mass is 534 g/mol. The van der Waals surface area contributed by atoms with Gasteiger partial charge in [0.15, 0.2) is 5.11 Å². The molecular weight excluding hydrogens is 513 g/mol. The number of ether oxygens (including phenoxy) is 1. The number of anilines is 1. The van der Waals surface area contributed by atoms with E-state index in [4.69, 9.17) is 12.2 Å². The smallest absolute Gasteiger partial charge is 0.406 e. The molecule has 7 nitrogen and oxygen atoms in total. The Hall–Kier alpha value is -4.51. The molecule has 2 heterocycles. The summed E-state index contributed by atoms with van der Waals surface area (Å²) in [6, 6.07) is 19.0. The van der Waals surface area contributed by atoms with E-state index in [1.807, 2.05) is 56.3 Å². The Morgan fingerprint density at radius 3 is 2.45 bits per heavy atom. The van der Waals surface area contributed by atoms with E-state index >= 15 is 0 Å². The number of aromatic nitrogens is 3. The van der Waals surface area contributed by atoms with E-state index in [2.05, 4.69) is 30.5 Å². The number of para-hydroxylation sites is 1. The topological polar surface area (TPSA) is 76.4 Å². The second-order valence-corrected chi connectivity index (χ2v) is 8.89. The van der Waals surface area contributed by atoms with Gasteiger partial charge in [0.25, 0.3) is 0 Å². The van der Waals surface area contributed by atoms with Crippen molar-refractivity contribution in [1.29, 1.82) is 0 Å². The summed E-state index contributed by atoms with van der Waals surface area (Å²) in [5.41, 5.74) is 9.41. The maximum atomic E-state index is 12.4. The summed E-state index contributed by atoms with van der Waals surface area (Å²) in [6.07, 6.45) is -1.55. The number of nitrogens with zero attached hydrogens (tertiary/aromatic N) is 4. The van der Waals surface area contributed by atoms with Crippen molar-refractivity contribution in [3.8, 4) is 11.4 Å². The predicted octanol–water partition coefficient (Wildman–Crippen LogP) is 6.41. The lowest BCUT2D eigenvalue weighted by atomic mass is 10.1. The molecule has 0 aliphatic rings. The molecule has 0 atom stereocenters. The molecule has 0 bridgehead atoms. The maximum Gasteiger partial charge on any atom is 0.573 e.